The number of nitrogens with zero attached hydrogens (tertiary/aromatic N) is 1. The zero-order valence-corrected chi connectivity index (χ0v) is 14.2. The number of nitrogens with one attached hydrogen (secondary N) is 2. The van der Waals surface area contributed by atoms with Crippen LogP contribution in [0.2, 0.25) is 0 Å². The van der Waals surface area contributed by atoms with Crippen LogP contribution < -0.4 is 10.6 Å². The number of rotatable bonds is 5. The number of anilines is 2. The van der Waals surface area contributed by atoms with Crippen LogP contribution in [0.15, 0.2) is 60.7 Å². The molecule has 0 fully saturated rings. The van der Waals surface area contributed by atoms with Crippen molar-refractivity contribution < 1.29 is 9.59 Å². The second-order valence-electron chi connectivity index (χ2n) is 6.21. The normalized spacial score (nSPS) is 15.3. The van der Waals surface area contributed by atoms with Crippen molar-refractivity contribution in [3.8, 4) is 6.07 Å². The van der Waals surface area contributed by atoms with Crippen molar-refractivity contribution in [1.82, 2.24) is 0 Å². The van der Waals surface area contributed by atoms with E-state index in [9.17, 15) is 9.59 Å². The lowest BCUT2D eigenvalue weighted by Crippen LogP contribution is -2.18. The van der Waals surface area contributed by atoms with Gasteiger partial charge in [0.2, 0.25) is 5.91 Å². The first-order chi connectivity index (χ1) is 12.7. The molecule has 3 rings (SSSR count). The van der Waals surface area contributed by atoms with Gasteiger partial charge < -0.3 is 10.6 Å². The quantitative estimate of drug-likeness (QED) is 0.800. The maximum atomic E-state index is 12.4. The summed E-state index contributed by atoms with van der Waals surface area (Å²) in [6, 6.07) is 15.5. The summed E-state index contributed by atoms with van der Waals surface area (Å²) in [6.07, 6.45) is 6.65. The summed E-state index contributed by atoms with van der Waals surface area (Å²) in [5.41, 5.74) is 2.05. The minimum Gasteiger partial charge on any atom is -0.324 e. The van der Waals surface area contributed by atoms with Gasteiger partial charge in [0.15, 0.2) is 0 Å². The maximum Gasteiger partial charge on any atom is 0.255 e. The van der Waals surface area contributed by atoms with E-state index in [1.807, 2.05) is 12.1 Å². The fourth-order valence-corrected chi connectivity index (χ4v) is 2.90. The molecular weight excluding hydrogens is 326 g/mol. The van der Waals surface area contributed by atoms with Crippen molar-refractivity contribution in [2.24, 2.45) is 5.92 Å². The molecule has 1 aliphatic rings. The van der Waals surface area contributed by atoms with Crippen LogP contribution in [0.5, 0.6) is 0 Å². The molecule has 2 N–H and O–H groups in total. The number of hydrogen-bond acceptors (Lipinski definition) is 3. The average Bonchev–Trinajstić information content (AvgIpc) is 3.16. The topological polar surface area (TPSA) is 82.0 Å². The summed E-state index contributed by atoms with van der Waals surface area (Å²) in [7, 11) is 0. The largest absolute Gasteiger partial charge is 0.324 e. The number of allylic oxidation sites excluding steroid dienone is 2. The Hall–Kier alpha value is -3.39. The van der Waals surface area contributed by atoms with Gasteiger partial charge in [0.05, 0.1) is 23.0 Å². The Morgan fingerprint density at radius 2 is 1.73 bits per heavy atom. The van der Waals surface area contributed by atoms with Gasteiger partial charge in [-0.1, -0.05) is 24.3 Å². The fraction of sp³-hybridized carbons (Fsp3) is 0.190. The fourth-order valence-electron chi connectivity index (χ4n) is 2.90. The van der Waals surface area contributed by atoms with E-state index in [4.69, 9.17) is 5.26 Å². The Balaban J connectivity index is 1.68. The molecule has 0 spiro atoms. The Bertz CT molecular complexity index is 879. The van der Waals surface area contributed by atoms with Crippen LogP contribution in [0, 0.1) is 17.2 Å². The average molecular weight is 345 g/mol. The highest BCUT2D eigenvalue weighted by molar-refractivity contribution is 6.07. The minimum absolute atomic E-state index is 0.0679. The summed E-state index contributed by atoms with van der Waals surface area (Å²) in [6.45, 7) is 0. The van der Waals surface area contributed by atoms with E-state index in [-0.39, 0.29) is 17.7 Å². The lowest BCUT2D eigenvalue weighted by atomic mass is 10.0. The van der Waals surface area contributed by atoms with Crippen molar-refractivity contribution in [3.05, 3.63) is 71.8 Å². The molecule has 1 atom stereocenters. The van der Waals surface area contributed by atoms with E-state index < -0.39 is 0 Å². The maximum absolute atomic E-state index is 12.4. The molecule has 1 unspecified atom stereocenters. The molecule has 0 radical (unpaired) electrons. The smallest absolute Gasteiger partial charge is 0.255 e. The molecule has 0 heterocycles. The highest BCUT2D eigenvalue weighted by Crippen LogP contribution is 2.24. The van der Waals surface area contributed by atoms with E-state index >= 15 is 0 Å². The van der Waals surface area contributed by atoms with Crippen LogP contribution in [0.4, 0.5) is 11.4 Å². The minimum atomic E-state index is -0.296. The number of carbonyl (C=O) groups is 2. The first-order valence-corrected chi connectivity index (χ1v) is 8.53. The number of amides is 2. The number of benzene rings is 2. The molecule has 0 aliphatic heterocycles. The molecule has 2 aromatic carbocycles. The second-order valence-corrected chi connectivity index (χ2v) is 6.21. The van der Waals surface area contributed by atoms with Gasteiger partial charge in [-0.05, 0) is 55.2 Å². The van der Waals surface area contributed by atoms with Gasteiger partial charge in [-0.3, -0.25) is 9.59 Å². The van der Waals surface area contributed by atoms with Gasteiger partial charge >= 0.3 is 0 Å². The first-order valence-electron chi connectivity index (χ1n) is 8.53. The number of hydrogen-bond donors (Lipinski definition) is 2. The molecule has 0 aromatic heterocycles. The van der Waals surface area contributed by atoms with Crippen LogP contribution in [-0.2, 0) is 4.79 Å². The Morgan fingerprint density at radius 1 is 1.04 bits per heavy atom. The van der Waals surface area contributed by atoms with Crippen molar-refractivity contribution in [1.29, 1.82) is 5.26 Å². The highest BCUT2D eigenvalue weighted by atomic mass is 16.2. The van der Waals surface area contributed by atoms with Gasteiger partial charge in [0.25, 0.3) is 5.91 Å². The lowest BCUT2D eigenvalue weighted by Gasteiger charge is -2.13. The SMILES string of the molecule is N#Cc1ccc(C(=O)Nc2ccccc2NC(=O)CC2C=CCC2)cc1. The Kier molecular flexibility index (Phi) is 5.45. The third-order valence-electron chi connectivity index (χ3n) is 4.29. The van der Waals surface area contributed by atoms with Gasteiger partial charge in [-0.25, -0.2) is 0 Å². The van der Waals surface area contributed by atoms with Crippen molar-refractivity contribution >= 4 is 23.2 Å². The molecular formula is C21H19N3O2. The molecule has 2 aromatic rings. The number of carbonyl (C=O) groups excluding carboxylic acids is 2. The number of para-hydroxylation sites is 2. The molecule has 0 saturated carbocycles. The summed E-state index contributed by atoms with van der Waals surface area (Å²) >= 11 is 0. The van der Waals surface area contributed by atoms with Crippen LogP contribution in [0.25, 0.3) is 0 Å². The van der Waals surface area contributed by atoms with Gasteiger partial charge in [0.1, 0.15) is 0 Å². The molecule has 0 bridgehead atoms. The predicted molar refractivity (Wildman–Crippen MR) is 101 cm³/mol. The summed E-state index contributed by atoms with van der Waals surface area (Å²) in [5, 5.41) is 14.5. The summed E-state index contributed by atoms with van der Waals surface area (Å²) < 4.78 is 0. The highest BCUT2D eigenvalue weighted by Gasteiger charge is 2.16. The molecule has 5 heteroatoms. The summed E-state index contributed by atoms with van der Waals surface area (Å²) in [4.78, 5) is 24.7. The zero-order valence-electron chi connectivity index (χ0n) is 14.2. The third kappa shape index (κ3) is 4.37. The van der Waals surface area contributed by atoms with Crippen molar-refractivity contribution in [2.75, 3.05) is 10.6 Å². The Morgan fingerprint density at radius 3 is 2.35 bits per heavy atom. The van der Waals surface area contributed by atoms with E-state index in [0.717, 1.165) is 12.8 Å². The van der Waals surface area contributed by atoms with Crippen LogP contribution in [-0.4, -0.2) is 11.8 Å². The number of nitriles is 1. The van der Waals surface area contributed by atoms with Gasteiger partial charge in [0, 0.05) is 12.0 Å². The van der Waals surface area contributed by atoms with E-state index in [1.165, 1.54) is 0 Å². The van der Waals surface area contributed by atoms with Crippen molar-refractivity contribution in [3.63, 3.8) is 0 Å². The standard InChI is InChI=1S/C21H19N3O2/c22-14-16-9-11-17(12-10-16)21(26)24-19-8-4-3-7-18(19)23-20(25)13-15-5-1-2-6-15/h1,3-5,7-12,15H,2,6,13H2,(H,23,25)(H,24,26). The zero-order chi connectivity index (χ0) is 18.4. The third-order valence-corrected chi connectivity index (χ3v) is 4.29. The van der Waals surface area contributed by atoms with Gasteiger partial charge in [-0.2, -0.15) is 5.26 Å². The predicted octanol–water partition coefficient (Wildman–Crippen LogP) is 4.11. The van der Waals surface area contributed by atoms with Gasteiger partial charge in [-0.15, -0.1) is 0 Å². The molecule has 0 saturated heterocycles. The van der Waals surface area contributed by atoms with Crippen LogP contribution in [0.1, 0.15) is 35.2 Å². The molecule has 5 nitrogen and oxygen atoms in total. The van der Waals surface area contributed by atoms with Crippen molar-refractivity contribution in [2.45, 2.75) is 19.3 Å². The van der Waals surface area contributed by atoms with E-state index in [1.54, 1.807) is 42.5 Å². The molecule has 1 aliphatic carbocycles. The molecule has 2 amide bonds. The molecule has 26 heavy (non-hydrogen) atoms. The van der Waals surface area contributed by atoms with E-state index in [0.29, 0.717) is 28.9 Å². The molecule has 130 valence electrons. The first kappa shape index (κ1) is 17.4. The van der Waals surface area contributed by atoms with Crippen LogP contribution in [0.3, 0.4) is 0 Å². The second kappa shape index (κ2) is 8.13. The van der Waals surface area contributed by atoms with E-state index in [2.05, 4.69) is 22.8 Å². The lowest BCUT2D eigenvalue weighted by molar-refractivity contribution is -0.116. The Labute approximate surface area is 152 Å². The summed E-state index contributed by atoms with van der Waals surface area (Å²) in [5.74, 6) is -0.0769. The monoisotopic (exact) mass is 345 g/mol. The van der Waals surface area contributed by atoms with Crippen LogP contribution >= 0.6 is 0 Å².